The quantitative estimate of drug-likeness (QED) is 0.826. The molecular formula is C13H11Cl3N2O2S. The molecule has 0 N–H and O–H groups in total. The first kappa shape index (κ1) is 16.5. The molecule has 0 atom stereocenters. The van der Waals surface area contributed by atoms with E-state index in [9.17, 15) is 8.42 Å². The van der Waals surface area contributed by atoms with Gasteiger partial charge in [0.15, 0.2) is 0 Å². The van der Waals surface area contributed by atoms with E-state index < -0.39 is 10.0 Å². The summed E-state index contributed by atoms with van der Waals surface area (Å²) in [7, 11) is -2.27. The van der Waals surface area contributed by atoms with Gasteiger partial charge in [-0.3, -0.25) is 4.98 Å². The average molecular weight is 366 g/mol. The number of benzene rings is 1. The van der Waals surface area contributed by atoms with Crippen molar-refractivity contribution < 1.29 is 8.42 Å². The lowest BCUT2D eigenvalue weighted by Gasteiger charge is -2.18. The summed E-state index contributed by atoms with van der Waals surface area (Å²) in [4.78, 5) is 3.76. The fourth-order valence-electron chi connectivity index (χ4n) is 1.70. The molecule has 0 radical (unpaired) electrons. The van der Waals surface area contributed by atoms with Crippen LogP contribution in [-0.2, 0) is 16.6 Å². The number of pyridine rings is 1. The summed E-state index contributed by atoms with van der Waals surface area (Å²) in [6, 6.07) is 6.39. The van der Waals surface area contributed by atoms with E-state index in [-0.39, 0.29) is 16.5 Å². The third-order valence-corrected chi connectivity index (χ3v) is 5.82. The molecule has 1 aromatic heterocycles. The van der Waals surface area contributed by atoms with Gasteiger partial charge in [0.2, 0.25) is 10.0 Å². The number of aromatic nitrogens is 1. The van der Waals surface area contributed by atoms with Crippen LogP contribution in [0.5, 0.6) is 0 Å². The van der Waals surface area contributed by atoms with E-state index in [2.05, 4.69) is 4.98 Å². The summed E-state index contributed by atoms with van der Waals surface area (Å²) >= 11 is 17.7. The summed E-state index contributed by atoms with van der Waals surface area (Å²) in [5.74, 6) is 0. The van der Waals surface area contributed by atoms with E-state index in [4.69, 9.17) is 34.8 Å². The molecule has 0 bridgehead atoms. The van der Waals surface area contributed by atoms with Crippen molar-refractivity contribution in [3.05, 3.63) is 57.3 Å². The van der Waals surface area contributed by atoms with Crippen LogP contribution in [0.2, 0.25) is 15.1 Å². The first-order chi connectivity index (χ1) is 9.82. The Morgan fingerprint density at radius 3 is 2.43 bits per heavy atom. The van der Waals surface area contributed by atoms with Crippen LogP contribution < -0.4 is 0 Å². The molecule has 0 spiro atoms. The maximum atomic E-state index is 12.5. The highest BCUT2D eigenvalue weighted by Gasteiger charge is 2.24. The molecular weight excluding hydrogens is 355 g/mol. The van der Waals surface area contributed by atoms with E-state index in [1.54, 1.807) is 18.2 Å². The molecule has 1 aromatic carbocycles. The normalized spacial score (nSPS) is 11.9. The molecule has 4 nitrogen and oxygen atoms in total. The van der Waals surface area contributed by atoms with Crippen LogP contribution in [0.3, 0.4) is 0 Å². The first-order valence-electron chi connectivity index (χ1n) is 5.82. The number of nitrogens with zero attached hydrogens (tertiary/aromatic N) is 2. The zero-order valence-corrected chi connectivity index (χ0v) is 14.0. The topological polar surface area (TPSA) is 50.3 Å². The first-order valence-corrected chi connectivity index (χ1v) is 8.39. The van der Waals surface area contributed by atoms with Crippen molar-refractivity contribution in [1.82, 2.24) is 9.29 Å². The van der Waals surface area contributed by atoms with Crippen molar-refractivity contribution >= 4 is 44.8 Å². The molecule has 8 heteroatoms. The lowest BCUT2D eigenvalue weighted by molar-refractivity contribution is 0.466. The molecule has 0 amide bonds. The van der Waals surface area contributed by atoms with Crippen LogP contribution in [0.15, 0.2) is 41.6 Å². The smallest absolute Gasteiger partial charge is 0.246 e. The Morgan fingerprint density at radius 1 is 1.10 bits per heavy atom. The Hall–Kier alpha value is -0.850. The van der Waals surface area contributed by atoms with Gasteiger partial charge in [-0.2, -0.15) is 4.31 Å². The maximum absolute atomic E-state index is 12.5. The number of hydrogen-bond acceptors (Lipinski definition) is 3. The Balaban J connectivity index is 2.29. The summed E-state index contributed by atoms with van der Waals surface area (Å²) in [5.41, 5.74) is 0.718. The van der Waals surface area contributed by atoms with Crippen LogP contribution >= 0.6 is 34.8 Å². The van der Waals surface area contributed by atoms with Gasteiger partial charge in [-0.15, -0.1) is 0 Å². The summed E-state index contributed by atoms with van der Waals surface area (Å²) < 4.78 is 26.1. The second-order valence-electron chi connectivity index (χ2n) is 4.32. The number of sulfonamides is 1. The predicted molar refractivity (Wildman–Crippen MR) is 84.4 cm³/mol. The number of hydrogen-bond donors (Lipinski definition) is 0. The predicted octanol–water partition coefficient (Wildman–Crippen LogP) is 3.86. The van der Waals surface area contributed by atoms with E-state index in [1.165, 1.54) is 29.8 Å². The summed E-state index contributed by atoms with van der Waals surface area (Å²) in [6.45, 7) is 0.143. The van der Waals surface area contributed by atoms with Crippen molar-refractivity contribution in [3.63, 3.8) is 0 Å². The molecule has 1 heterocycles. The SMILES string of the molecule is CN(Cc1ccc(Cl)c(Cl)c1)S(=O)(=O)c1cnccc1Cl. The summed E-state index contributed by atoms with van der Waals surface area (Å²) in [6.07, 6.45) is 2.66. The van der Waals surface area contributed by atoms with E-state index in [0.717, 1.165) is 5.56 Å². The number of rotatable bonds is 4. The molecule has 0 aliphatic carbocycles. The highest BCUT2D eigenvalue weighted by molar-refractivity contribution is 7.89. The van der Waals surface area contributed by atoms with Gasteiger partial charge in [0, 0.05) is 26.0 Å². The Labute approximate surface area is 138 Å². The molecule has 2 aromatic rings. The average Bonchev–Trinajstić information content (AvgIpc) is 2.43. The van der Waals surface area contributed by atoms with Gasteiger partial charge in [-0.1, -0.05) is 40.9 Å². The third kappa shape index (κ3) is 3.67. The van der Waals surface area contributed by atoms with Crippen LogP contribution in [0, 0.1) is 0 Å². The van der Waals surface area contributed by atoms with Crippen LogP contribution in [-0.4, -0.2) is 24.8 Å². The van der Waals surface area contributed by atoms with Gasteiger partial charge in [0.05, 0.1) is 15.1 Å². The lowest BCUT2D eigenvalue weighted by atomic mass is 10.2. The highest BCUT2D eigenvalue weighted by Crippen LogP contribution is 2.26. The Kier molecular flexibility index (Phi) is 5.11. The van der Waals surface area contributed by atoms with Crippen molar-refractivity contribution in [2.24, 2.45) is 0 Å². The Morgan fingerprint density at radius 2 is 1.81 bits per heavy atom. The Bertz CT molecular complexity index is 766. The second-order valence-corrected chi connectivity index (χ2v) is 7.55. The van der Waals surface area contributed by atoms with Crippen molar-refractivity contribution in [3.8, 4) is 0 Å². The van der Waals surface area contributed by atoms with Crippen LogP contribution in [0.1, 0.15) is 5.56 Å². The van der Waals surface area contributed by atoms with Gasteiger partial charge < -0.3 is 0 Å². The van der Waals surface area contributed by atoms with Crippen molar-refractivity contribution in [1.29, 1.82) is 0 Å². The molecule has 2 rings (SSSR count). The minimum absolute atomic E-state index is 0.0331. The zero-order valence-electron chi connectivity index (χ0n) is 10.9. The minimum Gasteiger partial charge on any atom is -0.263 e. The maximum Gasteiger partial charge on any atom is 0.246 e. The minimum atomic E-state index is -3.73. The fraction of sp³-hybridized carbons (Fsp3) is 0.154. The molecule has 21 heavy (non-hydrogen) atoms. The van der Waals surface area contributed by atoms with Crippen LogP contribution in [0.25, 0.3) is 0 Å². The largest absolute Gasteiger partial charge is 0.263 e. The van der Waals surface area contributed by atoms with E-state index >= 15 is 0 Å². The molecule has 0 aliphatic rings. The molecule has 0 fully saturated rings. The molecule has 0 aliphatic heterocycles. The van der Waals surface area contributed by atoms with Gasteiger partial charge in [0.1, 0.15) is 4.90 Å². The molecule has 112 valence electrons. The van der Waals surface area contributed by atoms with Gasteiger partial charge in [-0.25, -0.2) is 8.42 Å². The van der Waals surface area contributed by atoms with Crippen molar-refractivity contribution in [2.45, 2.75) is 11.4 Å². The van der Waals surface area contributed by atoms with Crippen molar-refractivity contribution in [2.75, 3.05) is 7.05 Å². The van der Waals surface area contributed by atoms with Gasteiger partial charge in [0.25, 0.3) is 0 Å². The van der Waals surface area contributed by atoms with Gasteiger partial charge >= 0.3 is 0 Å². The molecule has 0 unspecified atom stereocenters. The lowest BCUT2D eigenvalue weighted by Crippen LogP contribution is -2.26. The van der Waals surface area contributed by atoms with E-state index in [0.29, 0.717) is 10.0 Å². The third-order valence-electron chi connectivity index (χ3n) is 2.81. The molecule has 0 saturated heterocycles. The second kappa shape index (κ2) is 6.50. The zero-order chi connectivity index (χ0) is 15.6. The van der Waals surface area contributed by atoms with Gasteiger partial charge in [-0.05, 0) is 23.8 Å². The number of halogens is 3. The summed E-state index contributed by atoms with van der Waals surface area (Å²) in [5, 5.41) is 0.923. The fourth-order valence-corrected chi connectivity index (χ4v) is 3.58. The molecule has 0 saturated carbocycles. The highest BCUT2D eigenvalue weighted by atomic mass is 35.5. The standard InChI is InChI=1S/C13H11Cl3N2O2S/c1-18(8-9-2-3-10(14)12(16)6-9)21(19,20)13-7-17-5-4-11(13)15/h2-7H,8H2,1H3. The van der Waals surface area contributed by atoms with Crippen LogP contribution in [0.4, 0.5) is 0 Å². The monoisotopic (exact) mass is 364 g/mol. The van der Waals surface area contributed by atoms with E-state index in [1.807, 2.05) is 0 Å².